The molecule has 0 aliphatic rings. The van der Waals surface area contributed by atoms with Crippen molar-refractivity contribution in [3.63, 3.8) is 0 Å². The lowest BCUT2D eigenvalue weighted by Crippen LogP contribution is -2.25. The SMILES string of the molecule is Cl.Nc1ccccc1CCC(=O)NCCCC(=O)Nc1ccc(Cl)cc1. The third-order valence-corrected chi connectivity index (χ3v) is 3.96. The molecule has 2 rings (SSSR count). The van der Waals surface area contributed by atoms with Gasteiger partial charge in [0.25, 0.3) is 0 Å². The van der Waals surface area contributed by atoms with E-state index < -0.39 is 0 Å². The average molecular weight is 396 g/mol. The van der Waals surface area contributed by atoms with Crippen LogP contribution in [0.3, 0.4) is 0 Å². The van der Waals surface area contributed by atoms with Crippen molar-refractivity contribution in [3.05, 3.63) is 59.1 Å². The maximum Gasteiger partial charge on any atom is 0.224 e. The van der Waals surface area contributed by atoms with E-state index in [-0.39, 0.29) is 24.2 Å². The van der Waals surface area contributed by atoms with Gasteiger partial charge in [-0.3, -0.25) is 9.59 Å². The number of carbonyl (C=O) groups excluding carboxylic acids is 2. The average Bonchev–Trinajstić information content (AvgIpc) is 2.60. The molecule has 0 atom stereocenters. The van der Waals surface area contributed by atoms with Crippen molar-refractivity contribution in [1.29, 1.82) is 0 Å². The summed E-state index contributed by atoms with van der Waals surface area (Å²) in [5.41, 5.74) is 8.23. The van der Waals surface area contributed by atoms with Crippen molar-refractivity contribution >= 4 is 47.2 Å². The minimum Gasteiger partial charge on any atom is -0.399 e. The largest absolute Gasteiger partial charge is 0.399 e. The number of para-hydroxylation sites is 1. The number of nitrogen functional groups attached to an aromatic ring is 1. The summed E-state index contributed by atoms with van der Waals surface area (Å²) in [4.78, 5) is 23.6. The van der Waals surface area contributed by atoms with Crippen molar-refractivity contribution in [2.24, 2.45) is 0 Å². The molecular weight excluding hydrogens is 373 g/mol. The summed E-state index contributed by atoms with van der Waals surface area (Å²) in [6.07, 6.45) is 1.91. The number of carbonyl (C=O) groups is 2. The van der Waals surface area contributed by atoms with Gasteiger partial charge in [0.05, 0.1) is 0 Å². The smallest absolute Gasteiger partial charge is 0.224 e. The molecule has 0 heterocycles. The number of hydrogen-bond acceptors (Lipinski definition) is 3. The molecule has 0 aliphatic heterocycles. The Morgan fingerprint density at radius 2 is 1.65 bits per heavy atom. The van der Waals surface area contributed by atoms with Crippen molar-refractivity contribution < 1.29 is 9.59 Å². The van der Waals surface area contributed by atoms with Gasteiger partial charge in [0.1, 0.15) is 0 Å². The monoisotopic (exact) mass is 395 g/mol. The van der Waals surface area contributed by atoms with Crippen LogP contribution in [0.25, 0.3) is 0 Å². The fourth-order valence-electron chi connectivity index (χ4n) is 2.33. The Kier molecular flexibility index (Phi) is 9.55. The molecule has 0 unspecified atom stereocenters. The van der Waals surface area contributed by atoms with Crippen molar-refractivity contribution in [3.8, 4) is 0 Å². The molecule has 0 spiro atoms. The number of aryl methyl sites for hydroxylation is 1. The van der Waals surface area contributed by atoms with Gasteiger partial charge in [-0.1, -0.05) is 29.8 Å². The molecule has 0 fully saturated rings. The summed E-state index contributed by atoms with van der Waals surface area (Å²) in [6.45, 7) is 0.469. The fraction of sp³-hybridized carbons (Fsp3) is 0.263. The van der Waals surface area contributed by atoms with Gasteiger partial charge in [0, 0.05) is 35.8 Å². The summed E-state index contributed by atoms with van der Waals surface area (Å²) in [6, 6.07) is 14.5. The van der Waals surface area contributed by atoms with Crippen LogP contribution in [-0.2, 0) is 16.0 Å². The molecule has 4 N–H and O–H groups in total. The van der Waals surface area contributed by atoms with Crippen LogP contribution in [0, 0.1) is 0 Å². The third kappa shape index (κ3) is 7.76. The summed E-state index contributed by atoms with van der Waals surface area (Å²) in [7, 11) is 0. The van der Waals surface area contributed by atoms with Crippen LogP contribution in [0.5, 0.6) is 0 Å². The molecule has 0 saturated heterocycles. The number of nitrogens with one attached hydrogen (secondary N) is 2. The number of halogens is 2. The van der Waals surface area contributed by atoms with E-state index in [2.05, 4.69) is 10.6 Å². The Bertz CT molecular complexity index is 721. The minimum absolute atomic E-state index is 0. The van der Waals surface area contributed by atoms with Gasteiger partial charge in [-0.25, -0.2) is 0 Å². The maximum absolute atomic E-state index is 11.8. The van der Waals surface area contributed by atoms with E-state index in [1.54, 1.807) is 24.3 Å². The number of anilines is 2. The van der Waals surface area contributed by atoms with Gasteiger partial charge >= 0.3 is 0 Å². The molecule has 0 aromatic heterocycles. The lowest BCUT2D eigenvalue weighted by molar-refractivity contribution is -0.121. The van der Waals surface area contributed by atoms with Crippen LogP contribution >= 0.6 is 24.0 Å². The number of rotatable bonds is 8. The van der Waals surface area contributed by atoms with E-state index >= 15 is 0 Å². The number of nitrogens with two attached hydrogens (primary N) is 1. The van der Waals surface area contributed by atoms with Crippen LogP contribution in [0.2, 0.25) is 5.02 Å². The Hall–Kier alpha value is -2.24. The predicted octanol–water partition coefficient (Wildman–Crippen LogP) is 3.81. The number of amides is 2. The zero-order chi connectivity index (χ0) is 18.1. The molecule has 140 valence electrons. The van der Waals surface area contributed by atoms with Gasteiger partial charge in [-0.15, -0.1) is 12.4 Å². The number of benzene rings is 2. The molecule has 26 heavy (non-hydrogen) atoms. The van der Waals surface area contributed by atoms with E-state index in [0.717, 1.165) is 5.56 Å². The molecule has 2 amide bonds. The van der Waals surface area contributed by atoms with Gasteiger partial charge in [-0.05, 0) is 48.7 Å². The summed E-state index contributed by atoms with van der Waals surface area (Å²) in [5.74, 6) is -0.130. The standard InChI is InChI=1S/C19H22ClN3O2.ClH/c20-15-8-10-16(11-9-15)23-19(25)6-3-13-22-18(24)12-7-14-4-1-2-5-17(14)21;/h1-2,4-5,8-11H,3,6-7,12-13,21H2,(H,22,24)(H,23,25);1H. The first-order valence-electron chi connectivity index (χ1n) is 8.20. The first-order chi connectivity index (χ1) is 12.0. The molecule has 2 aromatic carbocycles. The fourth-order valence-corrected chi connectivity index (χ4v) is 2.46. The van der Waals surface area contributed by atoms with E-state index in [1.165, 1.54) is 0 Å². The first kappa shape index (κ1) is 21.8. The van der Waals surface area contributed by atoms with Gasteiger partial charge in [-0.2, -0.15) is 0 Å². The minimum atomic E-state index is -0.0892. The lowest BCUT2D eigenvalue weighted by atomic mass is 10.1. The zero-order valence-electron chi connectivity index (χ0n) is 14.3. The van der Waals surface area contributed by atoms with Crippen molar-refractivity contribution in [1.82, 2.24) is 5.32 Å². The highest BCUT2D eigenvalue weighted by Crippen LogP contribution is 2.14. The topological polar surface area (TPSA) is 84.2 Å². The second-order valence-electron chi connectivity index (χ2n) is 5.71. The Labute approximate surface area is 164 Å². The lowest BCUT2D eigenvalue weighted by Gasteiger charge is -2.08. The molecule has 0 radical (unpaired) electrons. The van der Waals surface area contributed by atoms with Crippen LogP contribution in [0.4, 0.5) is 11.4 Å². The van der Waals surface area contributed by atoms with Crippen molar-refractivity contribution in [2.45, 2.75) is 25.7 Å². The second-order valence-corrected chi connectivity index (χ2v) is 6.14. The third-order valence-electron chi connectivity index (χ3n) is 3.71. The molecule has 0 bridgehead atoms. The normalized spacial score (nSPS) is 9.88. The molecular formula is C19H23Cl2N3O2. The summed E-state index contributed by atoms with van der Waals surface area (Å²) < 4.78 is 0. The highest BCUT2D eigenvalue weighted by molar-refractivity contribution is 6.30. The summed E-state index contributed by atoms with van der Waals surface area (Å²) >= 11 is 5.79. The van der Waals surface area contributed by atoms with E-state index in [1.807, 2.05) is 24.3 Å². The van der Waals surface area contributed by atoms with E-state index in [0.29, 0.717) is 48.6 Å². The van der Waals surface area contributed by atoms with E-state index in [4.69, 9.17) is 17.3 Å². The van der Waals surface area contributed by atoms with Crippen molar-refractivity contribution in [2.75, 3.05) is 17.6 Å². The Balaban J connectivity index is 0.00000338. The molecule has 0 aliphatic carbocycles. The Morgan fingerprint density at radius 1 is 0.962 bits per heavy atom. The number of hydrogen-bond donors (Lipinski definition) is 3. The van der Waals surface area contributed by atoms with Gasteiger partial charge in [0.2, 0.25) is 11.8 Å². The van der Waals surface area contributed by atoms with Gasteiger partial charge in [0.15, 0.2) is 0 Å². The van der Waals surface area contributed by atoms with Crippen LogP contribution in [-0.4, -0.2) is 18.4 Å². The summed E-state index contributed by atoms with van der Waals surface area (Å²) in [5, 5.41) is 6.23. The highest BCUT2D eigenvalue weighted by Gasteiger charge is 2.06. The first-order valence-corrected chi connectivity index (χ1v) is 8.58. The van der Waals surface area contributed by atoms with Crippen LogP contribution in [0.15, 0.2) is 48.5 Å². The van der Waals surface area contributed by atoms with Gasteiger partial charge < -0.3 is 16.4 Å². The molecule has 5 nitrogen and oxygen atoms in total. The maximum atomic E-state index is 11.8. The van der Waals surface area contributed by atoms with E-state index in [9.17, 15) is 9.59 Å². The van der Waals surface area contributed by atoms with Crippen LogP contribution < -0.4 is 16.4 Å². The highest BCUT2D eigenvalue weighted by atomic mass is 35.5. The molecule has 0 saturated carbocycles. The molecule has 2 aromatic rings. The zero-order valence-corrected chi connectivity index (χ0v) is 15.9. The predicted molar refractivity (Wildman–Crippen MR) is 109 cm³/mol. The quantitative estimate of drug-likeness (QED) is 0.469. The molecule has 7 heteroatoms. The van der Waals surface area contributed by atoms with Crippen LogP contribution in [0.1, 0.15) is 24.8 Å². The second kappa shape index (κ2) is 11.4. The Morgan fingerprint density at radius 3 is 2.35 bits per heavy atom.